The van der Waals surface area contributed by atoms with Crippen LogP contribution in [-0.4, -0.2) is 9.38 Å². The number of benzene rings is 1. The van der Waals surface area contributed by atoms with E-state index in [1.54, 1.807) is 10.5 Å². The molecule has 0 aliphatic carbocycles. The second-order valence-corrected chi connectivity index (χ2v) is 5.08. The molecule has 0 amide bonds. The van der Waals surface area contributed by atoms with Crippen molar-refractivity contribution < 1.29 is 4.39 Å². The molecule has 3 aromatic rings. The Labute approximate surface area is 122 Å². The lowest BCUT2D eigenvalue weighted by Crippen LogP contribution is -1.98. The van der Waals surface area contributed by atoms with E-state index < -0.39 is 0 Å². The summed E-state index contributed by atoms with van der Waals surface area (Å²) in [6, 6.07) is 13.4. The van der Waals surface area contributed by atoms with Gasteiger partial charge in [-0.05, 0) is 24.6 Å². The molecule has 0 radical (unpaired) electrons. The van der Waals surface area contributed by atoms with Crippen LogP contribution in [0.3, 0.4) is 0 Å². The van der Waals surface area contributed by atoms with Crippen LogP contribution < -0.4 is 0 Å². The predicted octanol–water partition coefficient (Wildman–Crippen LogP) is 3.44. The average Bonchev–Trinajstić information content (AvgIpc) is 2.79. The van der Waals surface area contributed by atoms with Crippen molar-refractivity contribution >= 4 is 5.65 Å². The molecule has 2 aromatic heterocycles. The Morgan fingerprint density at radius 3 is 2.67 bits per heavy atom. The standard InChI is InChI=1S/C17H14FN3/c1-12-2-4-13(5-3-12)10-15-16(8-9-19)21-11-14(18)6-7-17(21)20-15/h2-7,11H,8,10H2,1H3. The third kappa shape index (κ3) is 2.63. The van der Waals surface area contributed by atoms with Gasteiger partial charge >= 0.3 is 0 Å². The first kappa shape index (κ1) is 13.3. The molecule has 0 spiro atoms. The summed E-state index contributed by atoms with van der Waals surface area (Å²) in [5.41, 5.74) is 4.58. The average molecular weight is 279 g/mol. The maximum Gasteiger partial charge on any atom is 0.139 e. The van der Waals surface area contributed by atoms with Crippen molar-refractivity contribution in [1.29, 1.82) is 5.26 Å². The number of hydrogen-bond acceptors (Lipinski definition) is 2. The monoisotopic (exact) mass is 279 g/mol. The highest BCUT2D eigenvalue weighted by Gasteiger charge is 2.13. The highest BCUT2D eigenvalue weighted by atomic mass is 19.1. The molecule has 104 valence electrons. The molecule has 1 aromatic carbocycles. The van der Waals surface area contributed by atoms with Gasteiger partial charge in [-0.3, -0.25) is 4.40 Å². The quantitative estimate of drug-likeness (QED) is 0.737. The molecule has 0 aliphatic rings. The second-order valence-electron chi connectivity index (χ2n) is 5.08. The molecule has 0 saturated heterocycles. The number of pyridine rings is 1. The molecule has 21 heavy (non-hydrogen) atoms. The van der Waals surface area contributed by atoms with Crippen LogP contribution in [0.1, 0.15) is 22.5 Å². The normalized spacial score (nSPS) is 10.7. The molecule has 3 rings (SSSR count). The zero-order valence-corrected chi connectivity index (χ0v) is 11.7. The summed E-state index contributed by atoms with van der Waals surface area (Å²) in [6.07, 6.45) is 2.24. The van der Waals surface area contributed by atoms with Crippen LogP contribution in [0.15, 0.2) is 42.6 Å². The minimum absolute atomic E-state index is 0.214. The largest absolute Gasteiger partial charge is 0.300 e. The summed E-state index contributed by atoms with van der Waals surface area (Å²) < 4.78 is 15.1. The molecular weight excluding hydrogens is 265 g/mol. The van der Waals surface area contributed by atoms with Gasteiger partial charge in [0.1, 0.15) is 11.5 Å². The van der Waals surface area contributed by atoms with Gasteiger partial charge in [-0.25, -0.2) is 9.37 Å². The highest BCUT2D eigenvalue weighted by Crippen LogP contribution is 2.18. The van der Waals surface area contributed by atoms with Crippen LogP contribution in [0.4, 0.5) is 4.39 Å². The fourth-order valence-electron chi connectivity index (χ4n) is 2.42. The van der Waals surface area contributed by atoms with E-state index in [-0.39, 0.29) is 12.2 Å². The van der Waals surface area contributed by atoms with Gasteiger partial charge in [0.15, 0.2) is 0 Å². The number of nitrogens with zero attached hydrogens (tertiary/aromatic N) is 3. The number of imidazole rings is 1. The lowest BCUT2D eigenvalue weighted by Gasteiger charge is -2.02. The highest BCUT2D eigenvalue weighted by molar-refractivity contribution is 5.45. The SMILES string of the molecule is Cc1ccc(Cc2nc3ccc(F)cn3c2CC#N)cc1. The van der Waals surface area contributed by atoms with Crippen LogP contribution in [0.25, 0.3) is 5.65 Å². The molecule has 0 saturated carbocycles. The lowest BCUT2D eigenvalue weighted by molar-refractivity contribution is 0.618. The molecule has 0 N–H and O–H groups in total. The van der Waals surface area contributed by atoms with Gasteiger partial charge in [-0.15, -0.1) is 0 Å². The van der Waals surface area contributed by atoms with Gasteiger partial charge in [0, 0.05) is 12.6 Å². The molecule has 2 heterocycles. The van der Waals surface area contributed by atoms with Crippen LogP contribution in [-0.2, 0) is 12.8 Å². The van der Waals surface area contributed by atoms with E-state index in [2.05, 4.69) is 35.3 Å². The Kier molecular flexibility index (Phi) is 3.41. The van der Waals surface area contributed by atoms with Gasteiger partial charge < -0.3 is 0 Å². The molecule has 0 unspecified atom stereocenters. The molecule has 4 heteroatoms. The van der Waals surface area contributed by atoms with Gasteiger partial charge in [0.25, 0.3) is 0 Å². The summed E-state index contributed by atoms with van der Waals surface area (Å²) in [7, 11) is 0. The smallest absolute Gasteiger partial charge is 0.139 e. The van der Waals surface area contributed by atoms with Crippen molar-refractivity contribution in [3.05, 3.63) is 70.9 Å². The number of hydrogen-bond donors (Lipinski definition) is 0. The molecule has 0 aliphatic heterocycles. The van der Waals surface area contributed by atoms with Gasteiger partial charge in [0.05, 0.1) is 23.9 Å². The van der Waals surface area contributed by atoms with Crippen molar-refractivity contribution in [2.75, 3.05) is 0 Å². The summed E-state index contributed by atoms with van der Waals surface area (Å²) in [5, 5.41) is 9.01. The molecule has 0 fully saturated rings. The second kappa shape index (κ2) is 5.37. The number of fused-ring (bicyclic) bond motifs is 1. The van der Waals surface area contributed by atoms with E-state index in [1.807, 2.05) is 6.92 Å². The molecule has 3 nitrogen and oxygen atoms in total. The third-order valence-corrected chi connectivity index (χ3v) is 3.50. The minimum Gasteiger partial charge on any atom is -0.300 e. The summed E-state index contributed by atoms with van der Waals surface area (Å²) in [4.78, 5) is 4.54. The number of rotatable bonds is 3. The zero-order valence-electron chi connectivity index (χ0n) is 11.7. The molecule has 0 atom stereocenters. The van der Waals surface area contributed by atoms with E-state index in [4.69, 9.17) is 5.26 Å². The van der Waals surface area contributed by atoms with Crippen LogP contribution in [0, 0.1) is 24.1 Å². The number of aryl methyl sites for hydroxylation is 1. The topological polar surface area (TPSA) is 41.1 Å². The first-order chi connectivity index (χ1) is 10.2. The zero-order chi connectivity index (χ0) is 14.8. The Bertz CT molecular complexity index is 826. The van der Waals surface area contributed by atoms with Gasteiger partial charge in [0.2, 0.25) is 0 Å². The Balaban J connectivity index is 2.06. The number of aromatic nitrogens is 2. The fraction of sp³-hybridized carbons (Fsp3) is 0.176. The van der Waals surface area contributed by atoms with E-state index in [9.17, 15) is 4.39 Å². The summed E-state index contributed by atoms with van der Waals surface area (Å²) in [5.74, 6) is -0.332. The van der Waals surface area contributed by atoms with E-state index in [0.717, 1.165) is 17.0 Å². The Hall–Kier alpha value is -2.67. The predicted molar refractivity (Wildman–Crippen MR) is 78.5 cm³/mol. The molecular formula is C17H14FN3. The van der Waals surface area contributed by atoms with Crippen molar-refractivity contribution in [2.24, 2.45) is 0 Å². The Morgan fingerprint density at radius 2 is 1.95 bits per heavy atom. The van der Waals surface area contributed by atoms with E-state index in [1.165, 1.54) is 17.8 Å². The number of halogens is 1. The van der Waals surface area contributed by atoms with E-state index >= 15 is 0 Å². The van der Waals surface area contributed by atoms with Crippen molar-refractivity contribution in [2.45, 2.75) is 19.8 Å². The first-order valence-corrected chi connectivity index (χ1v) is 6.75. The van der Waals surface area contributed by atoms with Crippen molar-refractivity contribution in [3.63, 3.8) is 0 Å². The summed E-state index contributed by atoms with van der Waals surface area (Å²) in [6.45, 7) is 2.04. The van der Waals surface area contributed by atoms with Crippen molar-refractivity contribution in [3.8, 4) is 6.07 Å². The third-order valence-electron chi connectivity index (χ3n) is 3.50. The minimum atomic E-state index is -0.332. The van der Waals surface area contributed by atoms with Crippen LogP contribution in [0.2, 0.25) is 0 Å². The maximum atomic E-state index is 13.4. The summed E-state index contributed by atoms with van der Waals surface area (Å²) >= 11 is 0. The number of nitriles is 1. The first-order valence-electron chi connectivity index (χ1n) is 6.75. The molecule has 0 bridgehead atoms. The lowest BCUT2D eigenvalue weighted by atomic mass is 10.1. The van der Waals surface area contributed by atoms with Crippen molar-refractivity contribution in [1.82, 2.24) is 9.38 Å². The van der Waals surface area contributed by atoms with Gasteiger partial charge in [-0.2, -0.15) is 5.26 Å². The van der Waals surface area contributed by atoms with Crippen LogP contribution >= 0.6 is 0 Å². The van der Waals surface area contributed by atoms with Gasteiger partial charge in [-0.1, -0.05) is 29.8 Å². The fourth-order valence-corrected chi connectivity index (χ4v) is 2.42. The van der Waals surface area contributed by atoms with E-state index in [0.29, 0.717) is 12.1 Å². The Morgan fingerprint density at radius 1 is 1.19 bits per heavy atom. The van der Waals surface area contributed by atoms with Crippen LogP contribution in [0.5, 0.6) is 0 Å². The maximum absolute atomic E-state index is 13.4.